The Labute approximate surface area is 120 Å². The molecule has 0 bridgehead atoms. The third-order valence-electron chi connectivity index (χ3n) is 3.35. The van der Waals surface area contributed by atoms with Crippen molar-refractivity contribution in [2.45, 2.75) is 26.8 Å². The Balaban J connectivity index is 2.45. The van der Waals surface area contributed by atoms with Gasteiger partial charge >= 0.3 is 0 Å². The van der Waals surface area contributed by atoms with E-state index < -0.39 is 15.9 Å². The Hall–Kier alpha value is -1.62. The van der Waals surface area contributed by atoms with Gasteiger partial charge in [0, 0.05) is 17.0 Å². The van der Waals surface area contributed by atoms with Gasteiger partial charge in [0.15, 0.2) is 9.84 Å². The summed E-state index contributed by atoms with van der Waals surface area (Å²) in [5.41, 5.74) is 1.73. The molecule has 1 heterocycles. The summed E-state index contributed by atoms with van der Waals surface area (Å²) in [6.45, 7) is 5.56. The highest BCUT2D eigenvalue weighted by Crippen LogP contribution is 2.27. The van der Waals surface area contributed by atoms with E-state index >= 15 is 0 Å². The molecule has 1 aromatic carbocycles. The van der Waals surface area contributed by atoms with Crippen molar-refractivity contribution in [2.75, 3.05) is 10.7 Å². The van der Waals surface area contributed by atoms with Gasteiger partial charge in [-0.3, -0.25) is 4.79 Å². The van der Waals surface area contributed by atoms with E-state index in [1.807, 2.05) is 45.0 Å². The Morgan fingerprint density at radius 3 is 2.45 bits per heavy atom. The van der Waals surface area contributed by atoms with Crippen molar-refractivity contribution in [2.24, 2.45) is 5.92 Å². The summed E-state index contributed by atoms with van der Waals surface area (Å²) >= 11 is 0. The molecule has 1 aromatic rings. The Kier molecular flexibility index (Phi) is 3.99. The van der Waals surface area contributed by atoms with E-state index in [9.17, 15) is 13.2 Å². The smallest absolute Gasteiger partial charge is 0.230 e. The van der Waals surface area contributed by atoms with Crippen LogP contribution in [0.1, 0.15) is 19.4 Å². The van der Waals surface area contributed by atoms with Crippen LogP contribution in [0.5, 0.6) is 0 Å². The third-order valence-corrected chi connectivity index (χ3v) is 4.73. The van der Waals surface area contributed by atoms with Gasteiger partial charge in [-0.05, 0) is 24.6 Å². The van der Waals surface area contributed by atoms with Crippen LogP contribution in [0, 0.1) is 12.8 Å². The molecule has 1 amide bonds. The van der Waals surface area contributed by atoms with Crippen LogP contribution >= 0.6 is 0 Å². The van der Waals surface area contributed by atoms with Gasteiger partial charge in [0.25, 0.3) is 0 Å². The number of sulfone groups is 1. The summed E-state index contributed by atoms with van der Waals surface area (Å²) in [6.07, 6.45) is 1.60. The highest BCUT2D eigenvalue weighted by Gasteiger charge is 2.32. The van der Waals surface area contributed by atoms with Crippen LogP contribution in [-0.4, -0.2) is 26.1 Å². The molecule has 5 heteroatoms. The molecule has 2 rings (SSSR count). The van der Waals surface area contributed by atoms with E-state index in [-0.39, 0.29) is 17.6 Å². The van der Waals surface area contributed by atoms with Crippen molar-refractivity contribution in [3.63, 3.8) is 0 Å². The average Bonchev–Trinajstić information content (AvgIpc) is 2.72. The third kappa shape index (κ3) is 2.93. The van der Waals surface area contributed by atoms with Gasteiger partial charge in [0.05, 0.1) is 11.8 Å². The summed E-state index contributed by atoms with van der Waals surface area (Å²) in [7, 11) is -3.19. The summed E-state index contributed by atoms with van der Waals surface area (Å²) < 4.78 is 23.3. The fourth-order valence-electron chi connectivity index (χ4n) is 2.29. The van der Waals surface area contributed by atoms with E-state index in [0.29, 0.717) is 0 Å². The number of amides is 1. The zero-order chi connectivity index (χ0) is 14.9. The molecular formula is C15H19NO3S. The number of anilines is 1. The first-order valence-electron chi connectivity index (χ1n) is 6.61. The number of aryl methyl sites for hydroxylation is 1. The van der Waals surface area contributed by atoms with Crippen LogP contribution in [-0.2, 0) is 14.6 Å². The lowest BCUT2D eigenvalue weighted by atomic mass is 10.1. The van der Waals surface area contributed by atoms with E-state index in [1.165, 1.54) is 5.41 Å². The van der Waals surface area contributed by atoms with Crippen LogP contribution in [0.3, 0.4) is 0 Å². The highest BCUT2D eigenvalue weighted by atomic mass is 32.2. The lowest BCUT2D eigenvalue weighted by Gasteiger charge is -2.30. The van der Waals surface area contributed by atoms with Crippen molar-refractivity contribution >= 4 is 21.4 Å². The van der Waals surface area contributed by atoms with Crippen LogP contribution in [0.15, 0.2) is 35.7 Å². The predicted octanol–water partition coefficient (Wildman–Crippen LogP) is 2.29. The molecule has 1 atom stereocenters. The van der Waals surface area contributed by atoms with Gasteiger partial charge in [0.1, 0.15) is 0 Å². The fourth-order valence-corrected chi connectivity index (χ4v) is 3.56. The summed E-state index contributed by atoms with van der Waals surface area (Å²) in [5, 5.41) is 1.20. The number of carbonyl (C=O) groups is 1. The monoisotopic (exact) mass is 293 g/mol. The molecule has 0 spiro atoms. The molecule has 0 aliphatic carbocycles. The van der Waals surface area contributed by atoms with Crippen LogP contribution in [0.2, 0.25) is 0 Å². The topological polar surface area (TPSA) is 54.5 Å². The second-order valence-electron chi connectivity index (χ2n) is 5.37. The Bertz CT molecular complexity index is 647. The van der Waals surface area contributed by atoms with E-state index in [2.05, 4.69) is 0 Å². The molecule has 0 N–H and O–H groups in total. The van der Waals surface area contributed by atoms with Crippen LogP contribution in [0.4, 0.5) is 5.69 Å². The van der Waals surface area contributed by atoms with Crippen molar-refractivity contribution in [1.82, 2.24) is 0 Å². The predicted molar refractivity (Wildman–Crippen MR) is 80.2 cm³/mol. The minimum Gasteiger partial charge on any atom is -0.304 e. The first-order valence-corrected chi connectivity index (χ1v) is 8.33. The summed E-state index contributed by atoms with van der Waals surface area (Å²) in [6, 6.07) is 7.11. The quantitative estimate of drug-likeness (QED) is 0.859. The molecule has 1 aliphatic heterocycles. The van der Waals surface area contributed by atoms with E-state index in [0.717, 1.165) is 11.3 Å². The lowest BCUT2D eigenvalue weighted by Crippen LogP contribution is -2.43. The number of rotatable bonds is 3. The fraction of sp³-hybridized carbons (Fsp3) is 0.400. The maximum absolute atomic E-state index is 12.5. The van der Waals surface area contributed by atoms with E-state index in [4.69, 9.17) is 0 Å². The molecule has 1 unspecified atom stereocenters. The normalized spacial score (nSPS) is 20.3. The Morgan fingerprint density at radius 1 is 1.30 bits per heavy atom. The molecule has 108 valence electrons. The van der Waals surface area contributed by atoms with E-state index in [1.54, 1.807) is 11.0 Å². The van der Waals surface area contributed by atoms with Gasteiger partial charge in [0.2, 0.25) is 5.91 Å². The number of hydrogen-bond donors (Lipinski definition) is 0. The first kappa shape index (κ1) is 14.8. The number of nitrogens with zero attached hydrogens (tertiary/aromatic N) is 1. The Morgan fingerprint density at radius 2 is 1.95 bits per heavy atom. The van der Waals surface area contributed by atoms with Gasteiger partial charge in [-0.1, -0.05) is 32.0 Å². The summed E-state index contributed by atoms with van der Waals surface area (Å²) in [4.78, 5) is 14.1. The van der Waals surface area contributed by atoms with Gasteiger partial charge in [-0.2, -0.15) is 0 Å². The zero-order valence-corrected chi connectivity index (χ0v) is 12.7. The SMILES string of the molecule is Cc1ccccc1N(C(=O)C(C)C)C1C=CS(=O)(=O)C1. The van der Waals surface area contributed by atoms with Gasteiger partial charge < -0.3 is 4.90 Å². The number of hydrogen-bond acceptors (Lipinski definition) is 3. The van der Waals surface area contributed by atoms with Gasteiger partial charge in [-0.15, -0.1) is 0 Å². The van der Waals surface area contributed by atoms with Crippen LogP contribution < -0.4 is 4.90 Å². The molecule has 0 saturated carbocycles. The molecular weight excluding hydrogens is 274 g/mol. The second kappa shape index (κ2) is 5.40. The number of carbonyl (C=O) groups excluding carboxylic acids is 1. The molecule has 0 fully saturated rings. The van der Waals surface area contributed by atoms with Crippen molar-refractivity contribution < 1.29 is 13.2 Å². The number of benzene rings is 1. The molecule has 20 heavy (non-hydrogen) atoms. The average molecular weight is 293 g/mol. The largest absolute Gasteiger partial charge is 0.304 e. The zero-order valence-electron chi connectivity index (χ0n) is 11.9. The second-order valence-corrected chi connectivity index (χ2v) is 7.31. The first-order chi connectivity index (χ1) is 9.32. The standard InChI is InChI=1S/C15H19NO3S/c1-11(2)15(17)16(13-8-9-20(18,19)10-13)14-7-5-4-6-12(14)3/h4-9,11,13H,10H2,1-3H3. The molecule has 0 saturated heterocycles. The maximum atomic E-state index is 12.5. The minimum atomic E-state index is -3.19. The maximum Gasteiger partial charge on any atom is 0.230 e. The van der Waals surface area contributed by atoms with Crippen molar-refractivity contribution in [3.8, 4) is 0 Å². The van der Waals surface area contributed by atoms with Crippen molar-refractivity contribution in [3.05, 3.63) is 41.3 Å². The molecule has 0 aromatic heterocycles. The molecule has 4 nitrogen and oxygen atoms in total. The summed E-state index contributed by atoms with van der Waals surface area (Å²) in [5.74, 6) is -0.294. The van der Waals surface area contributed by atoms with Gasteiger partial charge in [-0.25, -0.2) is 8.42 Å². The minimum absolute atomic E-state index is 0.0419. The van der Waals surface area contributed by atoms with Crippen LogP contribution in [0.25, 0.3) is 0 Å². The van der Waals surface area contributed by atoms with Crippen molar-refractivity contribution in [1.29, 1.82) is 0 Å². The lowest BCUT2D eigenvalue weighted by molar-refractivity contribution is -0.121. The highest BCUT2D eigenvalue weighted by molar-refractivity contribution is 7.94. The molecule has 0 radical (unpaired) electrons. The number of para-hydroxylation sites is 1. The molecule has 1 aliphatic rings.